The number of rotatable bonds is 10. The molecule has 2 amide bonds. The highest BCUT2D eigenvalue weighted by molar-refractivity contribution is 7.99. The van der Waals surface area contributed by atoms with Gasteiger partial charge in [-0.2, -0.15) is 0 Å². The van der Waals surface area contributed by atoms with Crippen molar-refractivity contribution < 1.29 is 23.5 Å². The second-order valence-electron chi connectivity index (χ2n) is 6.17. The van der Waals surface area contributed by atoms with E-state index in [1.165, 1.54) is 0 Å². The maximum Gasteiger partial charge on any atom is 0.277 e. The molecule has 1 aromatic heterocycles. The summed E-state index contributed by atoms with van der Waals surface area (Å²) in [6.45, 7) is 2.57. The van der Waals surface area contributed by atoms with Gasteiger partial charge in [0.15, 0.2) is 0 Å². The molecule has 2 aromatic carbocycles. The third kappa shape index (κ3) is 6.75. The zero-order chi connectivity index (χ0) is 22.1. The van der Waals surface area contributed by atoms with E-state index in [9.17, 15) is 9.59 Å². The van der Waals surface area contributed by atoms with Crippen LogP contribution >= 0.6 is 11.8 Å². The molecule has 0 bridgehead atoms. The normalized spacial score (nSPS) is 10.4. The maximum absolute atomic E-state index is 12.2. The Morgan fingerprint density at radius 1 is 1.03 bits per heavy atom. The van der Waals surface area contributed by atoms with Crippen LogP contribution in [0.4, 0.5) is 5.69 Å². The Balaban J connectivity index is 1.42. The average molecular weight is 442 g/mol. The van der Waals surface area contributed by atoms with Gasteiger partial charge in [0.1, 0.15) is 11.5 Å². The molecule has 9 nitrogen and oxygen atoms in total. The van der Waals surface area contributed by atoms with Crippen molar-refractivity contribution in [2.75, 3.05) is 24.8 Å². The Morgan fingerprint density at radius 2 is 1.74 bits per heavy atom. The molecule has 0 fully saturated rings. The molecule has 0 aliphatic rings. The van der Waals surface area contributed by atoms with Gasteiger partial charge in [-0.25, -0.2) is 0 Å². The molecule has 0 spiro atoms. The monoisotopic (exact) mass is 442 g/mol. The van der Waals surface area contributed by atoms with Gasteiger partial charge < -0.3 is 24.5 Å². The molecule has 3 aromatic rings. The van der Waals surface area contributed by atoms with Gasteiger partial charge in [-0.1, -0.05) is 11.8 Å². The molecular formula is C21H22N4O5S. The Bertz CT molecular complexity index is 1010. The molecule has 3 rings (SSSR count). The van der Waals surface area contributed by atoms with Gasteiger partial charge in [0.2, 0.25) is 11.8 Å². The average Bonchev–Trinajstić information content (AvgIpc) is 3.25. The van der Waals surface area contributed by atoms with E-state index in [1.54, 1.807) is 55.6 Å². The molecule has 0 unspecified atom stereocenters. The van der Waals surface area contributed by atoms with Crippen molar-refractivity contribution in [2.24, 2.45) is 0 Å². The fourth-order valence-electron chi connectivity index (χ4n) is 2.49. The number of nitrogens with one attached hydrogen (secondary N) is 2. The number of thioether (sulfide) groups is 1. The maximum atomic E-state index is 12.2. The third-order valence-electron chi connectivity index (χ3n) is 3.98. The van der Waals surface area contributed by atoms with Crippen LogP contribution in [-0.2, 0) is 11.3 Å². The van der Waals surface area contributed by atoms with E-state index in [4.69, 9.17) is 13.9 Å². The molecule has 0 saturated heterocycles. The van der Waals surface area contributed by atoms with Gasteiger partial charge in [-0.15, -0.1) is 10.2 Å². The summed E-state index contributed by atoms with van der Waals surface area (Å²) < 4.78 is 15.9. The summed E-state index contributed by atoms with van der Waals surface area (Å²) in [6, 6.07) is 13.8. The fraction of sp³-hybridized carbons (Fsp3) is 0.238. The largest absolute Gasteiger partial charge is 0.497 e. The number of anilines is 1. The summed E-state index contributed by atoms with van der Waals surface area (Å²) in [6.07, 6.45) is 0. The minimum atomic E-state index is -0.273. The second kappa shape index (κ2) is 11.0. The summed E-state index contributed by atoms with van der Waals surface area (Å²) in [7, 11) is 1.56. The number of hydrogen-bond donors (Lipinski definition) is 2. The second-order valence-corrected chi connectivity index (χ2v) is 7.09. The zero-order valence-corrected chi connectivity index (χ0v) is 17.9. The quantitative estimate of drug-likeness (QED) is 0.460. The number of benzene rings is 2. The highest BCUT2D eigenvalue weighted by Crippen LogP contribution is 2.19. The van der Waals surface area contributed by atoms with Crippen LogP contribution in [0.5, 0.6) is 11.5 Å². The highest BCUT2D eigenvalue weighted by Gasteiger charge is 2.12. The van der Waals surface area contributed by atoms with Crippen molar-refractivity contribution in [2.45, 2.75) is 18.7 Å². The van der Waals surface area contributed by atoms with Crippen LogP contribution in [0.25, 0.3) is 0 Å². The molecular weight excluding hydrogens is 420 g/mol. The molecule has 0 atom stereocenters. The van der Waals surface area contributed by atoms with Crippen molar-refractivity contribution in [3.8, 4) is 11.5 Å². The Morgan fingerprint density at radius 3 is 2.42 bits per heavy atom. The fourth-order valence-corrected chi connectivity index (χ4v) is 3.07. The van der Waals surface area contributed by atoms with Gasteiger partial charge in [-0.3, -0.25) is 9.59 Å². The molecule has 2 N–H and O–H groups in total. The molecule has 0 radical (unpaired) electrons. The number of aromatic nitrogens is 2. The van der Waals surface area contributed by atoms with E-state index < -0.39 is 0 Å². The van der Waals surface area contributed by atoms with Crippen molar-refractivity contribution in [3.63, 3.8) is 0 Å². The predicted octanol–water partition coefficient (Wildman–Crippen LogP) is 3.14. The lowest BCUT2D eigenvalue weighted by molar-refractivity contribution is -0.113. The van der Waals surface area contributed by atoms with Gasteiger partial charge >= 0.3 is 0 Å². The zero-order valence-electron chi connectivity index (χ0n) is 17.1. The first-order valence-electron chi connectivity index (χ1n) is 9.47. The first kappa shape index (κ1) is 22.2. The number of hydrogen-bond acceptors (Lipinski definition) is 8. The van der Waals surface area contributed by atoms with E-state index in [2.05, 4.69) is 20.8 Å². The third-order valence-corrected chi connectivity index (χ3v) is 4.79. The Labute approximate surface area is 183 Å². The van der Waals surface area contributed by atoms with E-state index in [0.29, 0.717) is 23.6 Å². The van der Waals surface area contributed by atoms with Crippen LogP contribution in [0.2, 0.25) is 0 Å². The van der Waals surface area contributed by atoms with E-state index in [-0.39, 0.29) is 35.2 Å². The van der Waals surface area contributed by atoms with E-state index >= 15 is 0 Å². The molecule has 162 valence electrons. The number of ether oxygens (including phenoxy) is 2. The SMILES string of the molecule is CCOc1ccc(NC(=O)CSc2nnc(CNC(=O)c3ccc(OC)cc3)o2)cc1. The first-order valence-corrected chi connectivity index (χ1v) is 10.5. The van der Waals surface area contributed by atoms with Crippen LogP contribution in [0.1, 0.15) is 23.2 Å². The molecule has 0 aliphatic carbocycles. The number of carbonyl (C=O) groups excluding carboxylic acids is 2. The van der Waals surface area contributed by atoms with Gasteiger partial charge in [-0.05, 0) is 55.5 Å². The summed E-state index contributed by atoms with van der Waals surface area (Å²) in [4.78, 5) is 24.3. The van der Waals surface area contributed by atoms with Crippen LogP contribution in [0.15, 0.2) is 58.2 Å². The lowest BCUT2D eigenvalue weighted by atomic mass is 10.2. The highest BCUT2D eigenvalue weighted by atomic mass is 32.2. The summed E-state index contributed by atoms with van der Waals surface area (Å²) in [5, 5.41) is 13.5. The van der Waals surface area contributed by atoms with Crippen molar-refractivity contribution >= 4 is 29.3 Å². The number of carbonyl (C=O) groups is 2. The van der Waals surface area contributed by atoms with Crippen LogP contribution in [0, 0.1) is 0 Å². The van der Waals surface area contributed by atoms with Crippen LogP contribution < -0.4 is 20.1 Å². The molecule has 1 heterocycles. The lowest BCUT2D eigenvalue weighted by Crippen LogP contribution is -2.22. The number of methoxy groups -OCH3 is 1. The van der Waals surface area contributed by atoms with E-state index in [0.717, 1.165) is 17.5 Å². The summed E-state index contributed by atoms with van der Waals surface area (Å²) in [5.74, 6) is 1.28. The van der Waals surface area contributed by atoms with Gasteiger partial charge in [0.05, 0.1) is 26.0 Å². The molecule has 0 aliphatic heterocycles. The first-order chi connectivity index (χ1) is 15.1. The van der Waals surface area contributed by atoms with Crippen molar-refractivity contribution in [3.05, 3.63) is 60.0 Å². The lowest BCUT2D eigenvalue weighted by Gasteiger charge is -2.06. The van der Waals surface area contributed by atoms with Crippen LogP contribution in [-0.4, -0.2) is 41.5 Å². The van der Waals surface area contributed by atoms with Gasteiger partial charge in [0.25, 0.3) is 11.1 Å². The van der Waals surface area contributed by atoms with Crippen molar-refractivity contribution in [1.29, 1.82) is 0 Å². The Kier molecular flexibility index (Phi) is 7.88. The Hall–Kier alpha value is -3.53. The topological polar surface area (TPSA) is 116 Å². The summed E-state index contributed by atoms with van der Waals surface area (Å²) >= 11 is 1.11. The molecule has 31 heavy (non-hydrogen) atoms. The number of nitrogens with zero attached hydrogens (tertiary/aromatic N) is 2. The van der Waals surface area contributed by atoms with Crippen molar-refractivity contribution in [1.82, 2.24) is 15.5 Å². The minimum absolute atomic E-state index is 0.0802. The standard InChI is InChI=1S/C21H22N4O5S/c1-3-29-17-10-6-15(7-11-17)23-18(26)13-31-21-25-24-19(30-21)12-22-20(27)14-4-8-16(28-2)9-5-14/h4-11H,3,12-13H2,1-2H3,(H,22,27)(H,23,26). The number of amides is 2. The molecule has 10 heteroatoms. The van der Waals surface area contributed by atoms with Crippen LogP contribution in [0.3, 0.4) is 0 Å². The minimum Gasteiger partial charge on any atom is -0.497 e. The summed E-state index contributed by atoms with van der Waals surface area (Å²) in [5.41, 5.74) is 1.15. The molecule has 0 saturated carbocycles. The smallest absolute Gasteiger partial charge is 0.277 e. The van der Waals surface area contributed by atoms with E-state index in [1.807, 2.05) is 6.92 Å². The predicted molar refractivity (Wildman–Crippen MR) is 115 cm³/mol. The van der Waals surface area contributed by atoms with Gasteiger partial charge in [0, 0.05) is 11.3 Å².